The molecule has 0 aromatic heterocycles. The van der Waals surface area contributed by atoms with Crippen LogP contribution < -0.4 is 0 Å². The fraction of sp³-hybridized carbons (Fsp3) is 0.778. The van der Waals surface area contributed by atoms with Crippen molar-refractivity contribution >= 4 is 11.8 Å². The lowest BCUT2D eigenvalue weighted by molar-refractivity contribution is -0.143. The molecule has 3 heteroatoms. The zero-order valence-corrected chi connectivity index (χ0v) is 7.76. The van der Waals surface area contributed by atoms with Crippen LogP contribution >= 0.6 is 0 Å². The maximum absolute atomic E-state index is 11.0. The fourth-order valence-corrected chi connectivity index (χ4v) is 0.894. The summed E-state index contributed by atoms with van der Waals surface area (Å²) in [6.45, 7) is 2.07. The Bertz CT molecular complexity index is 152. The molecule has 0 saturated heterocycles. The number of hydrogen-bond donors (Lipinski definition) is 0. The third-order valence-electron chi connectivity index (χ3n) is 1.63. The third-order valence-corrected chi connectivity index (χ3v) is 1.63. The van der Waals surface area contributed by atoms with Crippen molar-refractivity contribution in [2.45, 2.75) is 39.0 Å². The average Bonchev–Trinajstić information content (AvgIpc) is 2.05. The largest absolute Gasteiger partial charge is 0.469 e. The smallest absolute Gasteiger partial charge is 0.313 e. The summed E-state index contributed by atoms with van der Waals surface area (Å²) in [5, 5.41) is 0. The van der Waals surface area contributed by atoms with Crippen LogP contribution in [0.2, 0.25) is 0 Å². The van der Waals surface area contributed by atoms with Gasteiger partial charge in [-0.3, -0.25) is 9.59 Å². The fourth-order valence-electron chi connectivity index (χ4n) is 0.894. The van der Waals surface area contributed by atoms with Gasteiger partial charge in [0, 0.05) is 6.42 Å². The first-order chi connectivity index (χ1) is 5.70. The Morgan fingerprint density at radius 2 is 1.92 bits per heavy atom. The van der Waals surface area contributed by atoms with Crippen LogP contribution in [0.4, 0.5) is 0 Å². The summed E-state index contributed by atoms with van der Waals surface area (Å²) >= 11 is 0. The number of methoxy groups -OCH3 is 1. The lowest BCUT2D eigenvalue weighted by Crippen LogP contribution is -2.08. The van der Waals surface area contributed by atoms with Crippen molar-refractivity contribution in [1.29, 1.82) is 0 Å². The Hall–Kier alpha value is -0.860. The molecule has 0 aliphatic heterocycles. The number of carbonyl (C=O) groups is 2. The van der Waals surface area contributed by atoms with Crippen molar-refractivity contribution in [3.8, 4) is 0 Å². The van der Waals surface area contributed by atoms with Gasteiger partial charge in [0.2, 0.25) is 0 Å². The van der Waals surface area contributed by atoms with E-state index in [1.807, 2.05) is 0 Å². The second-order valence-corrected chi connectivity index (χ2v) is 2.75. The van der Waals surface area contributed by atoms with Gasteiger partial charge in [-0.05, 0) is 6.42 Å². The van der Waals surface area contributed by atoms with Crippen LogP contribution in [-0.2, 0) is 14.3 Å². The maximum atomic E-state index is 11.0. The first kappa shape index (κ1) is 11.1. The minimum absolute atomic E-state index is 0.0182. The van der Waals surface area contributed by atoms with E-state index >= 15 is 0 Å². The molecule has 70 valence electrons. The minimum atomic E-state index is -0.434. The summed E-state index contributed by atoms with van der Waals surface area (Å²) < 4.78 is 4.37. The highest BCUT2D eigenvalue weighted by Crippen LogP contribution is 2.02. The van der Waals surface area contributed by atoms with Crippen LogP contribution in [0.1, 0.15) is 39.0 Å². The van der Waals surface area contributed by atoms with Gasteiger partial charge in [0.1, 0.15) is 12.2 Å². The van der Waals surface area contributed by atoms with E-state index in [-0.39, 0.29) is 12.2 Å². The Labute approximate surface area is 73.1 Å². The van der Waals surface area contributed by atoms with Gasteiger partial charge in [0.15, 0.2) is 0 Å². The second-order valence-electron chi connectivity index (χ2n) is 2.75. The molecule has 12 heavy (non-hydrogen) atoms. The molecule has 0 bridgehead atoms. The number of rotatable bonds is 6. The molecule has 0 radical (unpaired) electrons. The van der Waals surface area contributed by atoms with Gasteiger partial charge in [-0.1, -0.05) is 19.8 Å². The van der Waals surface area contributed by atoms with Crippen molar-refractivity contribution in [1.82, 2.24) is 0 Å². The zero-order chi connectivity index (χ0) is 9.40. The van der Waals surface area contributed by atoms with Crippen molar-refractivity contribution in [3.63, 3.8) is 0 Å². The number of carbonyl (C=O) groups excluding carboxylic acids is 2. The van der Waals surface area contributed by atoms with E-state index in [0.717, 1.165) is 19.3 Å². The molecule has 0 N–H and O–H groups in total. The zero-order valence-electron chi connectivity index (χ0n) is 7.76. The molecule has 3 nitrogen and oxygen atoms in total. The van der Waals surface area contributed by atoms with Gasteiger partial charge in [-0.2, -0.15) is 0 Å². The first-order valence-corrected chi connectivity index (χ1v) is 4.29. The highest BCUT2D eigenvalue weighted by Gasteiger charge is 2.07. The summed E-state index contributed by atoms with van der Waals surface area (Å²) in [5.74, 6) is -0.452. The van der Waals surface area contributed by atoms with E-state index in [1.165, 1.54) is 7.11 Å². The lowest BCUT2D eigenvalue weighted by Gasteiger charge is -1.98. The first-order valence-electron chi connectivity index (χ1n) is 4.29. The number of Topliss-reactive ketones (excluding diaryl/α,β-unsaturated/α-hetero) is 1. The topological polar surface area (TPSA) is 43.4 Å². The van der Waals surface area contributed by atoms with Crippen LogP contribution in [0.25, 0.3) is 0 Å². The number of unbranched alkanes of at least 4 members (excludes halogenated alkanes) is 2. The Balaban J connectivity index is 3.40. The molecule has 0 spiro atoms. The number of esters is 1. The minimum Gasteiger partial charge on any atom is -0.469 e. The summed E-state index contributed by atoms with van der Waals surface area (Å²) in [5.41, 5.74) is 0. The third kappa shape index (κ3) is 5.89. The van der Waals surface area contributed by atoms with Crippen molar-refractivity contribution in [3.05, 3.63) is 0 Å². The van der Waals surface area contributed by atoms with Crippen molar-refractivity contribution < 1.29 is 14.3 Å². The molecule has 0 heterocycles. The summed E-state index contributed by atoms with van der Waals surface area (Å²) in [6, 6.07) is 0. The Morgan fingerprint density at radius 1 is 1.25 bits per heavy atom. The summed E-state index contributed by atoms with van der Waals surface area (Å²) in [4.78, 5) is 21.6. The normalized spacial score (nSPS) is 9.50. The van der Waals surface area contributed by atoms with E-state index in [2.05, 4.69) is 11.7 Å². The molecule has 0 aromatic rings. The molecule has 0 aromatic carbocycles. The molecule has 0 aliphatic carbocycles. The average molecular weight is 172 g/mol. The van der Waals surface area contributed by atoms with Crippen LogP contribution in [-0.4, -0.2) is 18.9 Å². The summed E-state index contributed by atoms with van der Waals surface area (Å²) in [6.07, 6.45) is 3.45. The van der Waals surface area contributed by atoms with E-state index in [1.54, 1.807) is 0 Å². The molecule has 0 amide bonds. The second kappa shape index (κ2) is 6.83. The van der Waals surface area contributed by atoms with Gasteiger partial charge in [0.05, 0.1) is 7.11 Å². The Morgan fingerprint density at radius 3 is 2.42 bits per heavy atom. The van der Waals surface area contributed by atoms with Crippen LogP contribution in [0.5, 0.6) is 0 Å². The lowest BCUT2D eigenvalue weighted by atomic mass is 10.1. The van der Waals surface area contributed by atoms with Crippen molar-refractivity contribution in [2.75, 3.05) is 7.11 Å². The van der Waals surface area contributed by atoms with Gasteiger partial charge in [-0.15, -0.1) is 0 Å². The monoisotopic (exact) mass is 172 g/mol. The molecule has 0 rings (SSSR count). The molecule has 0 fully saturated rings. The maximum Gasteiger partial charge on any atom is 0.313 e. The molecular formula is C9H16O3. The molecule has 0 saturated carbocycles. The van der Waals surface area contributed by atoms with E-state index < -0.39 is 5.97 Å². The predicted molar refractivity (Wildman–Crippen MR) is 45.8 cm³/mol. The highest BCUT2D eigenvalue weighted by molar-refractivity contribution is 5.95. The van der Waals surface area contributed by atoms with Gasteiger partial charge >= 0.3 is 5.97 Å². The predicted octanol–water partition coefficient (Wildman–Crippen LogP) is 1.70. The summed E-state index contributed by atoms with van der Waals surface area (Å²) in [7, 11) is 1.29. The number of ketones is 1. The van der Waals surface area contributed by atoms with Crippen molar-refractivity contribution in [2.24, 2.45) is 0 Å². The SMILES string of the molecule is CCCCCC(=O)CC(=O)OC. The van der Waals surface area contributed by atoms with Crippen LogP contribution in [0.15, 0.2) is 0 Å². The Kier molecular flexibility index (Phi) is 6.34. The number of ether oxygens (including phenoxy) is 1. The molecule has 0 aliphatic rings. The van der Waals surface area contributed by atoms with E-state index in [4.69, 9.17) is 0 Å². The van der Waals surface area contributed by atoms with Gasteiger partial charge < -0.3 is 4.74 Å². The molecule has 0 unspecified atom stereocenters. The number of hydrogen-bond acceptors (Lipinski definition) is 3. The van der Waals surface area contributed by atoms with Crippen LogP contribution in [0.3, 0.4) is 0 Å². The van der Waals surface area contributed by atoms with Crippen LogP contribution in [0, 0.1) is 0 Å². The molecule has 0 atom stereocenters. The van der Waals surface area contributed by atoms with E-state index in [9.17, 15) is 9.59 Å². The van der Waals surface area contributed by atoms with Gasteiger partial charge in [0.25, 0.3) is 0 Å². The quantitative estimate of drug-likeness (QED) is 0.348. The van der Waals surface area contributed by atoms with E-state index in [0.29, 0.717) is 6.42 Å². The highest BCUT2D eigenvalue weighted by atomic mass is 16.5. The standard InChI is InChI=1S/C9H16O3/c1-3-4-5-6-8(10)7-9(11)12-2/h3-7H2,1-2H3. The molecular weight excluding hydrogens is 156 g/mol. The van der Waals surface area contributed by atoms with Gasteiger partial charge in [-0.25, -0.2) is 0 Å².